The first-order valence-electron chi connectivity index (χ1n) is 7.27. The van der Waals surface area contributed by atoms with Crippen LogP contribution in [0.25, 0.3) is 0 Å². The number of amides is 1. The van der Waals surface area contributed by atoms with Crippen molar-refractivity contribution >= 4 is 33.5 Å². The molecule has 0 bridgehead atoms. The van der Waals surface area contributed by atoms with Crippen LogP contribution in [0.4, 0.5) is 11.6 Å². The van der Waals surface area contributed by atoms with Crippen molar-refractivity contribution in [2.45, 2.75) is 13.5 Å². The third-order valence-corrected chi connectivity index (χ3v) is 3.94. The summed E-state index contributed by atoms with van der Waals surface area (Å²) in [5.74, 6) is 0.946. The van der Waals surface area contributed by atoms with Crippen molar-refractivity contribution in [2.75, 3.05) is 10.6 Å². The summed E-state index contributed by atoms with van der Waals surface area (Å²) in [5.41, 5.74) is 2.19. The van der Waals surface area contributed by atoms with Crippen LogP contribution in [0, 0.1) is 6.92 Å². The SMILES string of the molecule is Cc1ccc(NC(=O)c2cnc(NCc3ccco3)nc2)c(Br)c1. The highest BCUT2D eigenvalue weighted by Crippen LogP contribution is 2.23. The van der Waals surface area contributed by atoms with Gasteiger partial charge >= 0.3 is 0 Å². The molecule has 0 spiro atoms. The summed E-state index contributed by atoms with van der Waals surface area (Å²) in [6, 6.07) is 9.38. The van der Waals surface area contributed by atoms with Crippen molar-refractivity contribution in [3.63, 3.8) is 0 Å². The van der Waals surface area contributed by atoms with Crippen LogP contribution in [-0.4, -0.2) is 15.9 Å². The lowest BCUT2D eigenvalue weighted by Crippen LogP contribution is -2.13. The molecule has 0 saturated carbocycles. The minimum atomic E-state index is -0.267. The van der Waals surface area contributed by atoms with Crippen molar-refractivity contribution < 1.29 is 9.21 Å². The summed E-state index contributed by atoms with van der Waals surface area (Å²) in [5, 5.41) is 5.85. The Balaban J connectivity index is 1.63. The molecule has 0 unspecified atom stereocenters. The van der Waals surface area contributed by atoms with E-state index in [9.17, 15) is 4.79 Å². The van der Waals surface area contributed by atoms with Gasteiger partial charge in [-0.15, -0.1) is 0 Å². The third kappa shape index (κ3) is 3.99. The normalized spacial score (nSPS) is 10.4. The van der Waals surface area contributed by atoms with Crippen LogP contribution >= 0.6 is 15.9 Å². The molecule has 2 aromatic heterocycles. The number of nitrogens with zero attached hydrogens (tertiary/aromatic N) is 2. The minimum absolute atomic E-state index is 0.267. The van der Waals surface area contributed by atoms with Crippen LogP contribution in [0.1, 0.15) is 21.7 Å². The van der Waals surface area contributed by atoms with E-state index in [0.717, 1.165) is 15.8 Å². The number of carbonyl (C=O) groups is 1. The second kappa shape index (κ2) is 7.27. The van der Waals surface area contributed by atoms with Crippen LogP contribution in [0.3, 0.4) is 0 Å². The maximum atomic E-state index is 12.3. The molecule has 122 valence electrons. The average molecular weight is 387 g/mol. The first-order valence-corrected chi connectivity index (χ1v) is 8.07. The van der Waals surface area contributed by atoms with Gasteiger partial charge in [0.15, 0.2) is 0 Å². The molecule has 7 heteroatoms. The summed E-state index contributed by atoms with van der Waals surface area (Å²) in [7, 11) is 0. The monoisotopic (exact) mass is 386 g/mol. The summed E-state index contributed by atoms with van der Waals surface area (Å²) in [6.07, 6.45) is 4.57. The van der Waals surface area contributed by atoms with Gasteiger partial charge in [-0.05, 0) is 52.7 Å². The topological polar surface area (TPSA) is 80.0 Å². The van der Waals surface area contributed by atoms with Gasteiger partial charge in [-0.25, -0.2) is 9.97 Å². The van der Waals surface area contributed by atoms with Gasteiger partial charge in [0.2, 0.25) is 5.95 Å². The number of rotatable bonds is 5. The second-order valence-corrected chi connectivity index (χ2v) is 6.02. The number of aromatic nitrogens is 2. The van der Waals surface area contributed by atoms with E-state index in [1.54, 1.807) is 6.26 Å². The van der Waals surface area contributed by atoms with Crippen molar-refractivity contribution in [1.82, 2.24) is 9.97 Å². The molecule has 0 saturated heterocycles. The molecule has 0 aliphatic heterocycles. The van der Waals surface area contributed by atoms with Gasteiger partial charge < -0.3 is 15.1 Å². The molecule has 0 atom stereocenters. The average Bonchev–Trinajstić information content (AvgIpc) is 3.09. The van der Waals surface area contributed by atoms with Crippen molar-refractivity contribution in [1.29, 1.82) is 0 Å². The van der Waals surface area contributed by atoms with Crippen LogP contribution in [0.15, 0.2) is 57.9 Å². The molecular weight excluding hydrogens is 372 g/mol. The predicted octanol–water partition coefficient (Wildman–Crippen LogP) is 4.00. The standard InChI is InChI=1S/C17H15BrN4O2/c1-11-4-5-15(14(18)7-11)22-16(23)12-8-19-17(20-9-12)21-10-13-3-2-6-24-13/h2-9H,10H2,1H3,(H,22,23)(H,19,20,21). The highest BCUT2D eigenvalue weighted by Gasteiger charge is 2.10. The smallest absolute Gasteiger partial charge is 0.258 e. The van der Waals surface area contributed by atoms with Gasteiger partial charge in [0.25, 0.3) is 5.91 Å². The lowest BCUT2D eigenvalue weighted by Gasteiger charge is -2.08. The summed E-state index contributed by atoms with van der Waals surface area (Å²) in [6.45, 7) is 2.47. The minimum Gasteiger partial charge on any atom is -0.467 e. The van der Waals surface area contributed by atoms with E-state index in [-0.39, 0.29) is 5.91 Å². The first-order chi connectivity index (χ1) is 11.6. The van der Waals surface area contributed by atoms with Gasteiger partial charge in [-0.1, -0.05) is 6.07 Å². The van der Waals surface area contributed by atoms with Crippen LogP contribution in [-0.2, 0) is 6.54 Å². The van der Waals surface area contributed by atoms with Gasteiger partial charge in [0.1, 0.15) is 5.76 Å². The maximum absolute atomic E-state index is 12.3. The quantitative estimate of drug-likeness (QED) is 0.692. The van der Waals surface area contributed by atoms with Crippen molar-refractivity contribution in [2.24, 2.45) is 0 Å². The second-order valence-electron chi connectivity index (χ2n) is 5.17. The summed E-state index contributed by atoms with van der Waals surface area (Å²) in [4.78, 5) is 20.5. The fourth-order valence-electron chi connectivity index (χ4n) is 2.03. The number of anilines is 2. The molecule has 3 rings (SSSR count). The summed E-state index contributed by atoms with van der Waals surface area (Å²) < 4.78 is 6.04. The third-order valence-electron chi connectivity index (χ3n) is 3.29. The van der Waals surface area contributed by atoms with Gasteiger partial charge in [-0.3, -0.25) is 4.79 Å². The molecule has 0 aliphatic carbocycles. The maximum Gasteiger partial charge on any atom is 0.258 e. The number of halogens is 1. The number of hydrogen-bond donors (Lipinski definition) is 2. The molecule has 1 aromatic carbocycles. The first kappa shape index (κ1) is 16.2. The molecule has 6 nitrogen and oxygen atoms in total. The Hall–Kier alpha value is -2.67. The Bertz CT molecular complexity index is 832. The predicted molar refractivity (Wildman–Crippen MR) is 94.9 cm³/mol. The molecule has 2 heterocycles. The van der Waals surface area contributed by atoms with Crippen molar-refractivity contribution in [3.8, 4) is 0 Å². The molecule has 3 aromatic rings. The number of aryl methyl sites for hydroxylation is 1. The zero-order chi connectivity index (χ0) is 16.9. The number of carbonyl (C=O) groups excluding carboxylic acids is 1. The Kier molecular flexibility index (Phi) is 4.90. The van der Waals surface area contributed by atoms with E-state index in [0.29, 0.717) is 23.7 Å². The lowest BCUT2D eigenvalue weighted by molar-refractivity contribution is 0.102. The Morgan fingerprint density at radius 1 is 1.25 bits per heavy atom. The van der Waals surface area contributed by atoms with Gasteiger partial charge in [0.05, 0.1) is 24.1 Å². The molecule has 1 amide bonds. The largest absolute Gasteiger partial charge is 0.467 e. The number of furan rings is 1. The number of hydrogen-bond acceptors (Lipinski definition) is 5. The highest BCUT2D eigenvalue weighted by molar-refractivity contribution is 9.10. The lowest BCUT2D eigenvalue weighted by atomic mass is 10.2. The van der Waals surface area contributed by atoms with Crippen molar-refractivity contribution in [3.05, 3.63) is 70.3 Å². The van der Waals surface area contributed by atoms with E-state index in [1.165, 1.54) is 12.4 Å². The van der Waals surface area contributed by atoms with E-state index in [1.807, 2.05) is 37.3 Å². The van der Waals surface area contributed by atoms with Crippen LogP contribution in [0.2, 0.25) is 0 Å². The zero-order valence-corrected chi connectivity index (χ0v) is 14.5. The van der Waals surface area contributed by atoms with Gasteiger partial charge in [0, 0.05) is 16.9 Å². The number of benzene rings is 1. The molecular formula is C17H15BrN4O2. The molecule has 0 fully saturated rings. The Morgan fingerprint density at radius 3 is 2.71 bits per heavy atom. The molecule has 24 heavy (non-hydrogen) atoms. The van der Waals surface area contributed by atoms with E-state index in [2.05, 4.69) is 36.5 Å². The molecule has 0 radical (unpaired) electrons. The van der Waals surface area contributed by atoms with E-state index >= 15 is 0 Å². The Morgan fingerprint density at radius 2 is 2.04 bits per heavy atom. The van der Waals surface area contributed by atoms with E-state index in [4.69, 9.17) is 4.42 Å². The molecule has 0 aliphatic rings. The summed E-state index contributed by atoms with van der Waals surface area (Å²) >= 11 is 3.43. The zero-order valence-electron chi connectivity index (χ0n) is 12.9. The van der Waals surface area contributed by atoms with E-state index < -0.39 is 0 Å². The fraction of sp³-hybridized carbons (Fsp3) is 0.118. The highest BCUT2D eigenvalue weighted by atomic mass is 79.9. The number of nitrogens with one attached hydrogen (secondary N) is 2. The molecule has 2 N–H and O–H groups in total. The van der Waals surface area contributed by atoms with Gasteiger partial charge in [-0.2, -0.15) is 0 Å². The fourth-order valence-corrected chi connectivity index (χ4v) is 2.62. The van der Waals surface area contributed by atoms with Crippen LogP contribution in [0.5, 0.6) is 0 Å². The Labute approximate surface area is 147 Å². The van der Waals surface area contributed by atoms with Crippen LogP contribution < -0.4 is 10.6 Å².